The monoisotopic (exact) mass is 258 g/mol. The number of nitrogens with two attached hydrogens (primary N) is 1. The summed E-state index contributed by atoms with van der Waals surface area (Å²) in [5.41, 5.74) is 4.32. The van der Waals surface area contributed by atoms with Crippen LogP contribution in [0, 0.1) is 0 Å². The lowest BCUT2D eigenvalue weighted by Gasteiger charge is -2.13. The number of hydrogen-bond donors (Lipinski definition) is 1. The zero-order valence-electron chi connectivity index (χ0n) is 8.39. The van der Waals surface area contributed by atoms with Crippen molar-refractivity contribution in [2.45, 2.75) is 12.8 Å². The number of nitrogen functional groups attached to an aromatic ring is 1. The molecule has 96 valence electrons. The average molecular weight is 258 g/mol. The number of ether oxygens (including phenoxy) is 2. The Morgan fingerprint density at radius 1 is 1.35 bits per heavy atom. The minimum absolute atomic E-state index is 0.522. The van der Waals surface area contributed by atoms with Crippen LogP contribution in [0.4, 0.5) is 27.8 Å². The van der Waals surface area contributed by atoms with Crippen LogP contribution in [0.5, 0.6) is 11.6 Å². The fourth-order valence-electron chi connectivity index (χ4n) is 1.09. The summed E-state index contributed by atoms with van der Waals surface area (Å²) in [5.74, 6) is -2.26. The van der Waals surface area contributed by atoms with Crippen molar-refractivity contribution in [3.05, 3.63) is 11.6 Å². The first-order chi connectivity index (χ1) is 7.74. The van der Waals surface area contributed by atoms with Crippen LogP contribution < -0.4 is 15.2 Å². The van der Waals surface area contributed by atoms with Crippen molar-refractivity contribution >= 4 is 5.82 Å². The van der Waals surface area contributed by atoms with Crippen LogP contribution in [0.15, 0.2) is 6.07 Å². The number of pyridine rings is 1. The Hall–Kier alpha value is -1.80. The second kappa shape index (κ2) is 4.60. The van der Waals surface area contributed by atoms with Gasteiger partial charge in [-0.25, -0.2) is 8.78 Å². The maximum absolute atomic E-state index is 12.5. The molecular weight excluding hydrogens is 251 g/mol. The third kappa shape index (κ3) is 3.33. The number of methoxy groups -OCH3 is 1. The van der Waals surface area contributed by atoms with Crippen LogP contribution in [-0.4, -0.2) is 18.5 Å². The molecule has 0 saturated heterocycles. The summed E-state index contributed by atoms with van der Waals surface area (Å²) in [5, 5.41) is 0. The molecule has 0 saturated carbocycles. The Morgan fingerprint density at radius 2 is 1.94 bits per heavy atom. The van der Waals surface area contributed by atoms with Gasteiger partial charge in [0.15, 0.2) is 0 Å². The number of aromatic nitrogens is 1. The van der Waals surface area contributed by atoms with Gasteiger partial charge in [-0.2, -0.15) is 4.98 Å². The van der Waals surface area contributed by atoms with Gasteiger partial charge in [-0.15, -0.1) is 13.2 Å². The van der Waals surface area contributed by atoms with Gasteiger partial charge in [-0.05, 0) is 0 Å². The molecular formula is C8H7F5N2O2. The van der Waals surface area contributed by atoms with E-state index in [1.165, 1.54) is 0 Å². The van der Waals surface area contributed by atoms with E-state index in [1.54, 1.807) is 0 Å². The second-order valence-electron chi connectivity index (χ2n) is 2.81. The summed E-state index contributed by atoms with van der Waals surface area (Å²) in [6.45, 7) is 0. The number of alkyl halides is 5. The van der Waals surface area contributed by atoms with Crippen molar-refractivity contribution in [1.29, 1.82) is 0 Å². The molecule has 0 unspecified atom stereocenters. The molecule has 0 spiro atoms. The Bertz CT molecular complexity index is 408. The first-order valence-electron chi connectivity index (χ1n) is 4.13. The summed E-state index contributed by atoms with van der Waals surface area (Å²) in [4.78, 5) is 3.06. The van der Waals surface area contributed by atoms with Gasteiger partial charge in [0.1, 0.15) is 17.1 Å². The molecule has 0 aliphatic carbocycles. The fraction of sp³-hybridized carbons (Fsp3) is 0.375. The number of halogens is 5. The lowest BCUT2D eigenvalue weighted by atomic mass is 10.2. The van der Waals surface area contributed by atoms with Crippen molar-refractivity contribution in [1.82, 2.24) is 4.98 Å². The standard InChI is InChI=1S/C8H7F5N2O2/c1-16-3-2-4(17-8(11,12)13)15-7(14)5(3)6(9)10/h2,6H,1H3,(H2,14,15). The van der Waals surface area contributed by atoms with Crippen LogP contribution in [0.25, 0.3) is 0 Å². The van der Waals surface area contributed by atoms with Crippen molar-refractivity contribution < 1.29 is 31.4 Å². The first-order valence-corrected chi connectivity index (χ1v) is 4.13. The number of hydrogen-bond acceptors (Lipinski definition) is 4. The summed E-state index contributed by atoms with van der Waals surface area (Å²) in [6, 6.07) is 0.589. The van der Waals surface area contributed by atoms with Crippen molar-refractivity contribution in [2.24, 2.45) is 0 Å². The van der Waals surface area contributed by atoms with E-state index in [0.29, 0.717) is 6.07 Å². The molecule has 0 radical (unpaired) electrons. The van der Waals surface area contributed by atoms with Crippen molar-refractivity contribution in [2.75, 3.05) is 12.8 Å². The van der Waals surface area contributed by atoms with Gasteiger partial charge in [0.25, 0.3) is 6.43 Å². The SMILES string of the molecule is COc1cc(OC(F)(F)F)nc(N)c1C(F)F. The van der Waals surface area contributed by atoms with Gasteiger partial charge < -0.3 is 15.2 Å². The van der Waals surface area contributed by atoms with E-state index in [4.69, 9.17) is 5.73 Å². The van der Waals surface area contributed by atoms with Crippen LogP contribution in [-0.2, 0) is 0 Å². The van der Waals surface area contributed by atoms with Crippen LogP contribution >= 0.6 is 0 Å². The maximum Gasteiger partial charge on any atom is 0.574 e. The molecule has 17 heavy (non-hydrogen) atoms. The molecule has 0 bridgehead atoms. The molecule has 0 amide bonds. The Kier molecular flexibility index (Phi) is 3.59. The Morgan fingerprint density at radius 3 is 2.35 bits per heavy atom. The largest absolute Gasteiger partial charge is 0.574 e. The van der Waals surface area contributed by atoms with Crippen molar-refractivity contribution in [3.8, 4) is 11.6 Å². The van der Waals surface area contributed by atoms with Crippen LogP contribution in [0.1, 0.15) is 12.0 Å². The minimum Gasteiger partial charge on any atom is -0.496 e. The normalized spacial score (nSPS) is 11.7. The zero-order chi connectivity index (χ0) is 13.2. The topological polar surface area (TPSA) is 57.4 Å². The quantitative estimate of drug-likeness (QED) is 0.846. The Labute approximate surface area is 92.1 Å². The molecule has 4 nitrogen and oxygen atoms in total. The lowest BCUT2D eigenvalue weighted by Crippen LogP contribution is -2.18. The second-order valence-corrected chi connectivity index (χ2v) is 2.81. The van der Waals surface area contributed by atoms with E-state index >= 15 is 0 Å². The lowest BCUT2D eigenvalue weighted by molar-refractivity contribution is -0.276. The Balaban J connectivity index is 3.18. The fourth-order valence-corrected chi connectivity index (χ4v) is 1.09. The smallest absolute Gasteiger partial charge is 0.496 e. The van der Waals surface area contributed by atoms with Crippen LogP contribution in [0.3, 0.4) is 0 Å². The number of rotatable bonds is 3. The molecule has 2 N–H and O–H groups in total. The van der Waals surface area contributed by atoms with Gasteiger partial charge in [0, 0.05) is 6.07 Å². The highest BCUT2D eigenvalue weighted by atomic mass is 19.4. The summed E-state index contributed by atoms with van der Waals surface area (Å²) >= 11 is 0. The molecule has 9 heteroatoms. The maximum atomic E-state index is 12.5. The molecule has 0 atom stereocenters. The highest BCUT2D eigenvalue weighted by molar-refractivity contribution is 5.52. The van der Waals surface area contributed by atoms with Gasteiger partial charge in [-0.3, -0.25) is 0 Å². The van der Waals surface area contributed by atoms with E-state index in [9.17, 15) is 22.0 Å². The molecule has 1 aromatic heterocycles. The first kappa shape index (κ1) is 13.3. The summed E-state index contributed by atoms with van der Waals surface area (Å²) in [7, 11) is 1.01. The average Bonchev–Trinajstić information content (AvgIpc) is 2.12. The summed E-state index contributed by atoms with van der Waals surface area (Å²) < 4.78 is 68.5. The van der Waals surface area contributed by atoms with E-state index in [2.05, 4.69) is 14.5 Å². The minimum atomic E-state index is -4.99. The van der Waals surface area contributed by atoms with Gasteiger partial charge in [0.05, 0.1) is 7.11 Å². The number of anilines is 1. The highest BCUT2D eigenvalue weighted by Gasteiger charge is 2.33. The zero-order valence-corrected chi connectivity index (χ0v) is 8.39. The van der Waals surface area contributed by atoms with Crippen molar-refractivity contribution in [3.63, 3.8) is 0 Å². The molecule has 1 heterocycles. The summed E-state index contributed by atoms with van der Waals surface area (Å²) in [6.07, 6.45) is -8.01. The molecule has 0 aliphatic rings. The molecule has 1 rings (SSSR count). The third-order valence-electron chi connectivity index (χ3n) is 1.69. The number of nitrogens with zero attached hydrogens (tertiary/aromatic N) is 1. The van der Waals surface area contributed by atoms with E-state index in [-0.39, 0.29) is 0 Å². The molecule has 0 fully saturated rings. The predicted octanol–water partition coefficient (Wildman–Crippen LogP) is 2.51. The van der Waals surface area contributed by atoms with E-state index in [1.807, 2.05) is 0 Å². The third-order valence-corrected chi connectivity index (χ3v) is 1.69. The van der Waals surface area contributed by atoms with Gasteiger partial charge >= 0.3 is 6.36 Å². The van der Waals surface area contributed by atoms with Crippen LogP contribution in [0.2, 0.25) is 0 Å². The predicted molar refractivity (Wildman–Crippen MR) is 46.8 cm³/mol. The van der Waals surface area contributed by atoms with Gasteiger partial charge in [-0.1, -0.05) is 0 Å². The van der Waals surface area contributed by atoms with E-state index in [0.717, 1.165) is 7.11 Å². The highest BCUT2D eigenvalue weighted by Crippen LogP contribution is 2.36. The van der Waals surface area contributed by atoms with E-state index < -0.39 is 35.8 Å². The molecule has 0 aliphatic heterocycles. The van der Waals surface area contributed by atoms with Gasteiger partial charge in [0.2, 0.25) is 5.88 Å². The molecule has 0 aromatic carbocycles. The molecule has 1 aromatic rings.